The highest BCUT2D eigenvalue weighted by atomic mass is 35.5. The summed E-state index contributed by atoms with van der Waals surface area (Å²) < 4.78 is 10.3. The van der Waals surface area contributed by atoms with E-state index in [9.17, 15) is 9.90 Å². The lowest BCUT2D eigenvalue weighted by molar-refractivity contribution is -0.123. The van der Waals surface area contributed by atoms with Crippen LogP contribution in [0.5, 0.6) is 17.2 Å². The van der Waals surface area contributed by atoms with Crippen LogP contribution in [0.15, 0.2) is 41.5 Å². The highest BCUT2D eigenvalue weighted by Gasteiger charge is 2.08. The topological polar surface area (TPSA) is 80.2 Å². The molecular formula is C17H17ClN2O4. The molecule has 2 aromatic rings. The molecule has 0 bridgehead atoms. The van der Waals surface area contributed by atoms with Crippen molar-refractivity contribution in [1.29, 1.82) is 0 Å². The van der Waals surface area contributed by atoms with Gasteiger partial charge in [-0.25, -0.2) is 5.43 Å². The summed E-state index contributed by atoms with van der Waals surface area (Å²) in [5.41, 5.74) is 3.73. The molecule has 6 nitrogen and oxygen atoms in total. The minimum absolute atomic E-state index is 0.115. The Balaban J connectivity index is 1.90. The lowest BCUT2D eigenvalue weighted by atomic mass is 10.2. The minimum atomic E-state index is -0.430. The van der Waals surface area contributed by atoms with Crippen LogP contribution < -0.4 is 14.9 Å². The molecule has 0 atom stereocenters. The fourth-order valence-electron chi connectivity index (χ4n) is 1.84. The van der Waals surface area contributed by atoms with Crippen LogP contribution in [0.4, 0.5) is 0 Å². The highest BCUT2D eigenvalue weighted by Crippen LogP contribution is 2.32. The number of carbonyl (C=O) groups is 1. The van der Waals surface area contributed by atoms with Gasteiger partial charge in [0.15, 0.2) is 18.1 Å². The van der Waals surface area contributed by atoms with Crippen LogP contribution in [-0.4, -0.2) is 30.9 Å². The molecule has 24 heavy (non-hydrogen) atoms. The number of benzene rings is 2. The quantitative estimate of drug-likeness (QED) is 0.621. The maximum absolute atomic E-state index is 11.7. The fourth-order valence-corrected chi connectivity index (χ4v) is 2.05. The van der Waals surface area contributed by atoms with Gasteiger partial charge in [0.25, 0.3) is 5.91 Å². The number of rotatable bonds is 6. The molecule has 0 unspecified atom stereocenters. The number of phenols is 1. The Morgan fingerprint density at radius 2 is 2.04 bits per heavy atom. The molecule has 2 N–H and O–H groups in total. The van der Waals surface area contributed by atoms with Gasteiger partial charge in [-0.1, -0.05) is 29.3 Å². The van der Waals surface area contributed by atoms with Crippen LogP contribution in [0, 0.1) is 6.92 Å². The van der Waals surface area contributed by atoms with E-state index in [4.69, 9.17) is 21.1 Å². The third kappa shape index (κ3) is 4.89. The van der Waals surface area contributed by atoms with Crippen LogP contribution in [-0.2, 0) is 4.79 Å². The van der Waals surface area contributed by atoms with Gasteiger partial charge in [-0.15, -0.1) is 0 Å². The van der Waals surface area contributed by atoms with Gasteiger partial charge < -0.3 is 14.6 Å². The van der Waals surface area contributed by atoms with Crippen LogP contribution in [0.2, 0.25) is 5.02 Å². The number of halogens is 1. The summed E-state index contributed by atoms with van der Waals surface area (Å²) in [6.07, 6.45) is 1.27. The molecule has 0 fully saturated rings. The number of aromatic hydroxyl groups is 1. The third-order valence-electron chi connectivity index (χ3n) is 3.07. The monoisotopic (exact) mass is 348 g/mol. The molecule has 0 aliphatic rings. The van der Waals surface area contributed by atoms with Crippen molar-refractivity contribution >= 4 is 23.7 Å². The van der Waals surface area contributed by atoms with Gasteiger partial charge in [0.2, 0.25) is 0 Å². The van der Waals surface area contributed by atoms with Crippen molar-refractivity contribution in [1.82, 2.24) is 5.43 Å². The summed E-state index contributed by atoms with van der Waals surface area (Å²) in [5, 5.41) is 14.1. The van der Waals surface area contributed by atoms with E-state index < -0.39 is 5.91 Å². The molecule has 0 heterocycles. The van der Waals surface area contributed by atoms with E-state index in [1.807, 2.05) is 19.1 Å². The third-order valence-corrected chi connectivity index (χ3v) is 3.29. The van der Waals surface area contributed by atoms with Gasteiger partial charge in [-0.3, -0.25) is 4.79 Å². The van der Waals surface area contributed by atoms with Crippen LogP contribution in [0.3, 0.4) is 0 Å². The maximum Gasteiger partial charge on any atom is 0.277 e. The number of hydrogen-bond donors (Lipinski definition) is 2. The van der Waals surface area contributed by atoms with E-state index in [0.29, 0.717) is 16.3 Å². The summed E-state index contributed by atoms with van der Waals surface area (Å²) in [7, 11) is 1.41. The standard InChI is InChI=1S/C17H17ClN2O4/c1-11-3-5-14(6-4-11)24-10-16(21)20-19-9-12-7-13(18)8-15(23-2)17(12)22/h3-9,22H,10H2,1-2H3,(H,20,21). The predicted octanol–water partition coefficient (Wildman–Crippen LogP) is 2.89. The smallest absolute Gasteiger partial charge is 0.277 e. The van der Waals surface area contributed by atoms with E-state index in [2.05, 4.69) is 10.5 Å². The fraction of sp³-hybridized carbons (Fsp3) is 0.176. The molecule has 2 aromatic carbocycles. The number of hydrogen-bond acceptors (Lipinski definition) is 5. The zero-order chi connectivity index (χ0) is 17.5. The van der Waals surface area contributed by atoms with Gasteiger partial charge in [-0.05, 0) is 25.1 Å². The minimum Gasteiger partial charge on any atom is -0.504 e. The summed E-state index contributed by atoms with van der Waals surface area (Å²) in [6, 6.07) is 10.3. The summed E-state index contributed by atoms with van der Waals surface area (Å²) in [4.78, 5) is 11.7. The molecule has 0 saturated heterocycles. The van der Waals surface area contributed by atoms with Crippen LogP contribution >= 0.6 is 11.6 Å². The van der Waals surface area contributed by atoms with Crippen molar-refractivity contribution in [2.75, 3.05) is 13.7 Å². The number of nitrogens with one attached hydrogen (secondary N) is 1. The number of hydrazone groups is 1. The number of carbonyl (C=O) groups excluding carboxylic acids is 1. The van der Waals surface area contributed by atoms with Gasteiger partial charge >= 0.3 is 0 Å². The lowest BCUT2D eigenvalue weighted by Gasteiger charge is -2.07. The highest BCUT2D eigenvalue weighted by molar-refractivity contribution is 6.31. The van der Waals surface area contributed by atoms with E-state index in [1.165, 1.54) is 25.5 Å². The number of nitrogens with zero attached hydrogens (tertiary/aromatic N) is 1. The predicted molar refractivity (Wildman–Crippen MR) is 92.1 cm³/mol. The molecule has 0 aromatic heterocycles. The Morgan fingerprint density at radius 1 is 1.33 bits per heavy atom. The van der Waals surface area contributed by atoms with Crippen molar-refractivity contribution in [2.24, 2.45) is 5.10 Å². The zero-order valence-corrected chi connectivity index (χ0v) is 14.0. The van der Waals surface area contributed by atoms with Crippen molar-refractivity contribution in [3.63, 3.8) is 0 Å². The summed E-state index contributed by atoms with van der Waals surface area (Å²) >= 11 is 5.91. The van der Waals surface area contributed by atoms with Crippen LogP contribution in [0.1, 0.15) is 11.1 Å². The SMILES string of the molecule is COc1cc(Cl)cc(C=NNC(=O)COc2ccc(C)cc2)c1O. The van der Waals surface area contributed by atoms with Gasteiger partial charge in [0.1, 0.15) is 5.75 Å². The Morgan fingerprint density at radius 3 is 2.71 bits per heavy atom. The average molecular weight is 349 g/mol. The first kappa shape index (κ1) is 17.6. The number of aryl methyl sites for hydroxylation is 1. The van der Waals surface area contributed by atoms with Crippen molar-refractivity contribution in [2.45, 2.75) is 6.92 Å². The molecule has 2 rings (SSSR count). The first-order valence-corrected chi connectivity index (χ1v) is 7.45. The van der Waals surface area contributed by atoms with E-state index >= 15 is 0 Å². The second-order valence-electron chi connectivity index (χ2n) is 4.94. The molecule has 7 heteroatoms. The van der Waals surface area contributed by atoms with E-state index in [1.54, 1.807) is 12.1 Å². The molecule has 0 aliphatic carbocycles. The lowest BCUT2D eigenvalue weighted by Crippen LogP contribution is -2.24. The van der Waals surface area contributed by atoms with E-state index in [-0.39, 0.29) is 18.1 Å². The molecule has 0 radical (unpaired) electrons. The van der Waals surface area contributed by atoms with Crippen LogP contribution in [0.25, 0.3) is 0 Å². The number of phenolic OH excluding ortho intramolecular Hbond substituents is 1. The molecule has 126 valence electrons. The Bertz CT molecular complexity index is 745. The first-order chi connectivity index (χ1) is 11.5. The molecular weight excluding hydrogens is 332 g/mol. The Labute approximate surface area is 144 Å². The Hall–Kier alpha value is -2.73. The summed E-state index contributed by atoms with van der Waals surface area (Å²) in [6.45, 7) is 1.79. The number of amides is 1. The van der Waals surface area contributed by atoms with Crippen molar-refractivity contribution in [3.8, 4) is 17.2 Å². The normalized spacial score (nSPS) is 10.6. The van der Waals surface area contributed by atoms with Gasteiger partial charge in [0.05, 0.1) is 13.3 Å². The van der Waals surface area contributed by atoms with Gasteiger partial charge in [0, 0.05) is 16.7 Å². The largest absolute Gasteiger partial charge is 0.504 e. The van der Waals surface area contributed by atoms with Gasteiger partial charge in [-0.2, -0.15) is 5.10 Å². The second kappa shape index (κ2) is 8.21. The summed E-state index contributed by atoms with van der Waals surface area (Å²) in [5.74, 6) is 0.269. The molecule has 0 aliphatic heterocycles. The van der Waals surface area contributed by atoms with Crippen molar-refractivity contribution < 1.29 is 19.4 Å². The average Bonchev–Trinajstić information content (AvgIpc) is 2.57. The zero-order valence-electron chi connectivity index (χ0n) is 13.2. The number of methoxy groups -OCH3 is 1. The van der Waals surface area contributed by atoms with E-state index in [0.717, 1.165) is 5.56 Å². The first-order valence-electron chi connectivity index (χ1n) is 7.07. The molecule has 1 amide bonds. The molecule has 0 spiro atoms. The van der Waals surface area contributed by atoms with Crippen molar-refractivity contribution in [3.05, 3.63) is 52.5 Å². The maximum atomic E-state index is 11.7. The second-order valence-corrected chi connectivity index (χ2v) is 5.38. The molecule has 0 saturated carbocycles. The Kier molecular flexibility index (Phi) is 6.03. The number of ether oxygens (including phenoxy) is 2.